The van der Waals surface area contributed by atoms with Crippen LogP contribution in [0.15, 0.2) is 35.2 Å². The second-order valence-corrected chi connectivity index (χ2v) is 22.6. The molecule has 3 aromatic rings. The van der Waals surface area contributed by atoms with E-state index in [1.807, 2.05) is 0 Å². The Morgan fingerprint density at radius 1 is 0.611 bits per heavy atom. The van der Waals surface area contributed by atoms with Crippen molar-refractivity contribution in [2.45, 2.75) is 167 Å². The molecule has 3 amide bonds. The van der Waals surface area contributed by atoms with Crippen LogP contribution in [0.25, 0.3) is 0 Å². The molecule has 0 bridgehead atoms. The molecule has 22 atom stereocenters. The van der Waals surface area contributed by atoms with Gasteiger partial charge in [0.1, 0.15) is 103 Å². The quantitative estimate of drug-likeness (QED) is 0.0218. The van der Waals surface area contributed by atoms with Crippen molar-refractivity contribution in [3.05, 3.63) is 47.0 Å². The number of aromatic hydroxyl groups is 8. The summed E-state index contributed by atoms with van der Waals surface area (Å²) in [6.07, 6.45) is -38.8. The predicted molar refractivity (Wildman–Crippen MR) is 291 cm³/mol. The molecule has 4 saturated heterocycles. The zero-order chi connectivity index (χ0) is 66.1. The van der Waals surface area contributed by atoms with Gasteiger partial charge in [-0.2, -0.15) is 0 Å². The first-order chi connectivity index (χ1) is 42.5. The summed E-state index contributed by atoms with van der Waals surface area (Å²) in [5.41, 5.74) is -0.772. The number of carboxylic acids is 1. The summed E-state index contributed by atoms with van der Waals surface area (Å²) in [4.78, 5) is 65.6. The number of ether oxygens (including phenoxy) is 10. The van der Waals surface area contributed by atoms with Gasteiger partial charge in [-0.1, -0.05) is 0 Å². The van der Waals surface area contributed by atoms with Gasteiger partial charge in [0.25, 0.3) is 5.91 Å². The molecule has 0 aliphatic carbocycles. The number of hydrogen-bond donors (Lipinski definition) is 20. The second-order valence-electron chi connectivity index (χ2n) is 21.5. The minimum Gasteiger partial charge on any atom is -0.508 e. The molecule has 0 saturated carbocycles. The Labute approximate surface area is 512 Å². The van der Waals surface area contributed by atoms with E-state index in [9.17, 15) is 111 Å². The number of thioether (sulfide) groups is 1. The van der Waals surface area contributed by atoms with E-state index in [2.05, 4.69) is 16.0 Å². The minimum atomic E-state index is -2.38. The Morgan fingerprint density at radius 3 is 1.73 bits per heavy atom. The van der Waals surface area contributed by atoms with E-state index in [1.54, 1.807) is 0 Å². The van der Waals surface area contributed by atoms with E-state index >= 15 is 0 Å². The van der Waals surface area contributed by atoms with Crippen LogP contribution in [0.3, 0.4) is 0 Å². The maximum Gasteiger partial charge on any atom is 0.338 e. The molecule has 5 aliphatic rings. The summed E-state index contributed by atoms with van der Waals surface area (Å²) in [5, 5.41) is 191. The van der Waals surface area contributed by atoms with Crippen LogP contribution in [0.2, 0.25) is 0 Å². The first kappa shape index (κ1) is 68.8. The predicted octanol–water partition coefficient (Wildman–Crippen LogP) is -5.18. The van der Waals surface area contributed by atoms with Crippen molar-refractivity contribution in [3.63, 3.8) is 0 Å². The van der Waals surface area contributed by atoms with Crippen molar-refractivity contribution >= 4 is 41.4 Å². The van der Waals surface area contributed by atoms with Crippen LogP contribution >= 0.6 is 11.8 Å². The lowest BCUT2D eigenvalue weighted by molar-refractivity contribution is -0.365. The summed E-state index contributed by atoms with van der Waals surface area (Å²) in [5.74, 6) is -13.2. The van der Waals surface area contributed by atoms with E-state index in [4.69, 9.17) is 47.4 Å². The van der Waals surface area contributed by atoms with Gasteiger partial charge in [-0.25, -0.2) is 9.59 Å². The number of aliphatic carboxylic acids is 1. The normalized spacial score (nSPS) is 34.2. The van der Waals surface area contributed by atoms with Crippen LogP contribution in [0.1, 0.15) is 48.4 Å². The third kappa shape index (κ3) is 14.3. The number of methoxy groups -OCH3 is 1. The smallest absolute Gasteiger partial charge is 0.338 e. The number of aliphatic hydroxyl groups excluding tert-OH is 8. The fourth-order valence-electron chi connectivity index (χ4n) is 11.0. The number of rotatable bonds is 20. The summed E-state index contributed by atoms with van der Waals surface area (Å²) in [7, 11) is 1.02. The van der Waals surface area contributed by atoms with Crippen LogP contribution in [0, 0.1) is 0 Å². The number of nitrogens with one attached hydrogen (secondary N) is 3. The summed E-state index contributed by atoms with van der Waals surface area (Å²) in [6.45, 7) is 1.11. The molecule has 35 nitrogen and oxygen atoms in total. The van der Waals surface area contributed by atoms with E-state index < -0.39 is 242 Å². The molecular weight excluding hydrogens is 1230 g/mol. The van der Waals surface area contributed by atoms with Crippen molar-refractivity contribution in [2.75, 3.05) is 32.6 Å². The maximum atomic E-state index is 14.8. The van der Waals surface area contributed by atoms with E-state index in [1.165, 1.54) is 6.92 Å². The van der Waals surface area contributed by atoms with Gasteiger partial charge in [-0.15, -0.1) is 11.8 Å². The lowest BCUT2D eigenvalue weighted by Gasteiger charge is -2.50. The number of carboxylic acid groups (broad SMARTS) is 1. The minimum absolute atomic E-state index is 0.0220. The third-order valence-corrected chi connectivity index (χ3v) is 16.5. The summed E-state index contributed by atoms with van der Waals surface area (Å²) in [6, 6.07) is 1.29. The van der Waals surface area contributed by atoms with Crippen molar-refractivity contribution in [3.8, 4) is 51.7 Å². The van der Waals surface area contributed by atoms with E-state index in [0.717, 1.165) is 51.3 Å². The molecule has 5 aliphatic heterocycles. The van der Waals surface area contributed by atoms with Gasteiger partial charge in [-0.3, -0.25) is 14.4 Å². The van der Waals surface area contributed by atoms with E-state index in [-0.39, 0.29) is 27.5 Å². The Balaban J connectivity index is 1.11. The molecule has 498 valence electrons. The van der Waals surface area contributed by atoms with Crippen molar-refractivity contribution in [2.24, 2.45) is 0 Å². The Kier molecular flexibility index (Phi) is 21.9. The Bertz CT molecular complexity index is 3090. The van der Waals surface area contributed by atoms with Gasteiger partial charge in [0.05, 0.1) is 35.8 Å². The van der Waals surface area contributed by atoms with E-state index in [0.29, 0.717) is 11.8 Å². The number of hydrogen-bond acceptors (Lipinski definition) is 32. The molecule has 0 radical (unpaired) electrons. The molecule has 0 aromatic heterocycles. The monoisotopic (exact) mass is 1300 g/mol. The van der Waals surface area contributed by atoms with Gasteiger partial charge in [0.2, 0.25) is 17.6 Å². The Morgan fingerprint density at radius 2 is 1.16 bits per heavy atom. The molecule has 36 heteroatoms. The van der Waals surface area contributed by atoms with Crippen LogP contribution in [-0.4, -0.2) is 278 Å². The highest BCUT2D eigenvalue weighted by atomic mass is 32.2. The topological polar surface area (TPSA) is 558 Å². The van der Waals surface area contributed by atoms with Crippen molar-refractivity contribution in [1.82, 2.24) is 16.0 Å². The van der Waals surface area contributed by atoms with Crippen LogP contribution in [0.4, 0.5) is 0 Å². The molecule has 5 heterocycles. The molecule has 3 aromatic carbocycles. The number of carbonyl (C=O) groups is 5. The number of fused-ring (bicyclic) bond motifs is 1. The van der Waals surface area contributed by atoms with Gasteiger partial charge in [-0.05, 0) is 25.1 Å². The van der Waals surface area contributed by atoms with Gasteiger partial charge in [0.15, 0.2) is 65.9 Å². The highest BCUT2D eigenvalue weighted by Gasteiger charge is 2.58. The van der Waals surface area contributed by atoms with Gasteiger partial charge >= 0.3 is 11.9 Å². The fraction of sp³-hybridized carbons (Fsp3) is 0.574. The number of benzene rings is 3. The largest absolute Gasteiger partial charge is 0.508 e. The zero-order valence-electron chi connectivity index (χ0n) is 47.8. The van der Waals surface area contributed by atoms with Crippen molar-refractivity contribution in [1.29, 1.82) is 0 Å². The highest BCUT2D eigenvalue weighted by Crippen LogP contribution is 2.51. The average Bonchev–Trinajstić information content (AvgIpc) is 0.826. The van der Waals surface area contributed by atoms with Gasteiger partial charge in [0, 0.05) is 62.9 Å². The summed E-state index contributed by atoms with van der Waals surface area (Å²) >= 11 is 0.643. The lowest BCUT2D eigenvalue weighted by atomic mass is 9.92. The molecule has 8 unspecified atom stereocenters. The molecular formula is C54H69N3O32S. The number of amides is 3. The number of esters is 1. The number of phenols is 8. The highest BCUT2D eigenvalue weighted by molar-refractivity contribution is 7.99. The second kappa shape index (κ2) is 28.6. The fourth-order valence-corrected chi connectivity index (χ4v) is 12.0. The standard InChI is InChI=1S/C54H69N3O32S/c1-15-30(56-16(2)60)42(34(69)28(13-58)81-15)85-53-40(75)37(72)45(87-52-31(57-17(3)61)43(35(70)29(14-59)84-52)86-54-39(74)36(71)44(80-4)47(89-54)50(77)78)46(88-53)49(76)55-5-6-90-48-21(11-25(66)33(68)38(48)73)41-27(12-20-22(63)9-19(62)10-26(20)82-41)83-51(79)18-7-23(64)32(67)24(65)8-18/h7-11,15,27-31,34-37,39-47,52-54,58-59,62-75H,5-6,12-14H2,1-4H3,(H,55,76)(H,56,60)(H,57,61)(H,77,78)/t15-,27+,28?,29?,30?,31?,34+,35+,36+,37+,39?,40?,41+,42+,43+,44-,45-,46?,47?,52-,53+,54+/m0/s1. The van der Waals surface area contributed by atoms with Crippen LogP contribution in [0.5, 0.6) is 51.7 Å². The lowest BCUT2D eigenvalue weighted by Crippen LogP contribution is -2.71. The summed E-state index contributed by atoms with van der Waals surface area (Å²) < 4.78 is 58.1. The molecule has 0 spiro atoms. The molecule has 90 heavy (non-hydrogen) atoms. The average molecular weight is 1300 g/mol. The molecule has 8 rings (SSSR count). The first-order valence-electron chi connectivity index (χ1n) is 27.5. The third-order valence-electron chi connectivity index (χ3n) is 15.4. The van der Waals surface area contributed by atoms with Crippen LogP contribution in [-0.2, 0) is 68.2 Å². The number of aliphatic hydroxyl groups is 8. The number of phenolic OH excluding ortho intramolecular Hbond substituents is 8. The maximum absolute atomic E-state index is 14.8. The van der Waals surface area contributed by atoms with Gasteiger partial charge < -0.3 is 150 Å². The number of carbonyl (C=O) groups excluding carboxylic acids is 4. The molecule has 20 N–H and O–H groups in total. The Hall–Kier alpha value is -7.08. The van der Waals surface area contributed by atoms with Crippen LogP contribution < -0.4 is 20.7 Å². The SMILES string of the molecule is CO[C@@H]1C(C(=O)O)O[C@@H](O[C@@H]2C(NC(C)=O)[C@H](O[C@@H]3C(C(=O)NCCSc4c([C@H]5Oc6cc(O)cc(O)c6C[C@H]5OC(=O)c5cc(O)c(O)c(O)c5)cc(O)c(O)c4O)O[C@@H](O[C@@H]4C(NC(C)=O)[C@H](C)OC(CO)[C@H]4O)C(O)[C@H]3O)OC(CO)[C@H]2O)C(O)[C@H]1O. The first-order valence-corrected chi connectivity index (χ1v) is 28.5. The van der Waals surface area contributed by atoms with Crippen molar-refractivity contribution < 1.29 is 158 Å². The zero-order valence-corrected chi connectivity index (χ0v) is 48.6. The molecule has 4 fully saturated rings.